The molecule has 0 spiro atoms. The number of carbonyl (C=O) groups is 1. The van der Waals surface area contributed by atoms with Crippen molar-refractivity contribution >= 4 is 44.2 Å². The van der Waals surface area contributed by atoms with Crippen LogP contribution in [-0.2, 0) is 22.0 Å². The van der Waals surface area contributed by atoms with Crippen molar-refractivity contribution in [3.63, 3.8) is 0 Å². The summed E-state index contributed by atoms with van der Waals surface area (Å²) in [5, 5.41) is 10.7. The molecule has 7 nitrogen and oxygen atoms in total. The topological polar surface area (TPSA) is 92.3 Å². The van der Waals surface area contributed by atoms with E-state index in [9.17, 15) is 26.4 Å². The van der Waals surface area contributed by atoms with Crippen LogP contribution in [-0.4, -0.2) is 41.9 Å². The van der Waals surface area contributed by atoms with E-state index in [0.29, 0.717) is 28.7 Å². The highest BCUT2D eigenvalue weighted by Crippen LogP contribution is 2.31. The molecule has 0 aliphatic rings. The molecule has 0 radical (unpaired) electrons. The number of nitrogens with one attached hydrogen (secondary N) is 1. The third-order valence-corrected chi connectivity index (χ3v) is 8.84. The SMILES string of the molecule is CCN(CC)S(=O)(=O)c1ccc(C(=O)Nc2nnc(SCc3ccc(C(F)(F)F)cc3)s2)cc1. The summed E-state index contributed by atoms with van der Waals surface area (Å²) in [6.45, 7) is 4.19. The van der Waals surface area contributed by atoms with Crippen LogP contribution < -0.4 is 5.32 Å². The fourth-order valence-corrected chi connectivity index (χ4v) is 6.07. The van der Waals surface area contributed by atoms with E-state index in [1.165, 1.54) is 52.5 Å². The molecule has 2 aromatic carbocycles. The van der Waals surface area contributed by atoms with E-state index < -0.39 is 27.7 Å². The molecular weight excluding hydrogens is 509 g/mol. The maximum Gasteiger partial charge on any atom is 0.416 e. The van der Waals surface area contributed by atoms with E-state index >= 15 is 0 Å². The number of alkyl halides is 3. The van der Waals surface area contributed by atoms with Gasteiger partial charge < -0.3 is 0 Å². The Morgan fingerprint density at radius 3 is 2.21 bits per heavy atom. The molecule has 182 valence electrons. The van der Waals surface area contributed by atoms with Crippen LogP contribution in [0.1, 0.15) is 35.3 Å². The van der Waals surface area contributed by atoms with Crippen molar-refractivity contribution in [1.82, 2.24) is 14.5 Å². The van der Waals surface area contributed by atoms with Gasteiger partial charge in [0.05, 0.1) is 10.5 Å². The van der Waals surface area contributed by atoms with Gasteiger partial charge in [-0.15, -0.1) is 10.2 Å². The van der Waals surface area contributed by atoms with Gasteiger partial charge in [-0.25, -0.2) is 8.42 Å². The molecule has 0 aliphatic carbocycles. The number of benzene rings is 2. The number of halogens is 3. The lowest BCUT2D eigenvalue weighted by Gasteiger charge is -2.18. The van der Waals surface area contributed by atoms with Gasteiger partial charge in [-0.3, -0.25) is 10.1 Å². The maximum absolute atomic E-state index is 12.6. The normalized spacial score (nSPS) is 12.2. The molecule has 34 heavy (non-hydrogen) atoms. The summed E-state index contributed by atoms with van der Waals surface area (Å²) < 4.78 is 64.9. The van der Waals surface area contributed by atoms with Crippen LogP contribution in [0.2, 0.25) is 0 Å². The zero-order valence-electron chi connectivity index (χ0n) is 18.2. The number of nitrogens with zero attached hydrogens (tertiary/aromatic N) is 3. The van der Waals surface area contributed by atoms with E-state index in [2.05, 4.69) is 15.5 Å². The molecule has 1 N–H and O–H groups in total. The molecule has 1 heterocycles. The molecule has 0 aliphatic heterocycles. The molecule has 0 fully saturated rings. The van der Waals surface area contributed by atoms with E-state index in [1.807, 2.05) is 0 Å². The number of hydrogen-bond donors (Lipinski definition) is 1. The standard InChI is InChI=1S/C21H21F3N4O3S3/c1-3-28(4-2)34(30,31)17-11-7-15(8-12-17)18(29)25-19-26-27-20(33-19)32-13-14-5-9-16(10-6-14)21(22,23)24/h5-12H,3-4,13H2,1-2H3,(H,25,26,29). The van der Waals surface area contributed by atoms with Crippen molar-refractivity contribution in [2.75, 3.05) is 18.4 Å². The Morgan fingerprint density at radius 1 is 1.03 bits per heavy atom. The van der Waals surface area contributed by atoms with Gasteiger partial charge in [-0.1, -0.05) is 49.1 Å². The first-order valence-electron chi connectivity index (χ1n) is 10.1. The van der Waals surface area contributed by atoms with Gasteiger partial charge in [0.15, 0.2) is 4.34 Å². The minimum absolute atomic E-state index is 0.102. The monoisotopic (exact) mass is 530 g/mol. The van der Waals surface area contributed by atoms with Gasteiger partial charge in [-0.05, 0) is 42.0 Å². The molecule has 3 aromatic rings. The quantitative estimate of drug-likeness (QED) is 0.305. The number of amides is 1. The fraction of sp³-hybridized carbons (Fsp3) is 0.286. The average Bonchev–Trinajstić information content (AvgIpc) is 3.25. The highest BCUT2D eigenvalue weighted by molar-refractivity contribution is 8.00. The Labute approximate surface area is 203 Å². The largest absolute Gasteiger partial charge is 0.416 e. The predicted octanol–water partition coefficient (Wildman–Crippen LogP) is 5.13. The van der Waals surface area contributed by atoms with Crippen molar-refractivity contribution in [3.05, 3.63) is 65.2 Å². The van der Waals surface area contributed by atoms with Gasteiger partial charge in [0.25, 0.3) is 5.91 Å². The first-order valence-corrected chi connectivity index (χ1v) is 13.3. The summed E-state index contributed by atoms with van der Waals surface area (Å²) in [6, 6.07) is 10.5. The van der Waals surface area contributed by atoms with Crippen molar-refractivity contribution < 1.29 is 26.4 Å². The van der Waals surface area contributed by atoms with Crippen LogP contribution in [0.15, 0.2) is 57.8 Å². The summed E-state index contributed by atoms with van der Waals surface area (Å²) in [7, 11) is -3.62. The number of thioether (sulfide) groups is 1. The molecule has 0 saturated carbocycles. The van der Waals surface area contributed by atoms with Gasteiger partial charge in [-0.2, -0.15) is 17.5 Å². The summed E-state index contributed by atoms with van der Waals surface area (Å²) in [6.07, 6.45) is -4.38. The molecule has 0 saturated heterocycles. The first-order chi connectivity index (χ1) is 16.0. The first kappa shape index (κ1) is 26.1. The highest BCUT2D eigenvalue weighted by Gasteiger charge is 2.30. The predicted molar refractivity (Wildman–Crippen MR) is 125 cm³/mol. The minimum atomic E-state index is -4.38. The average molecular weight is 531 g/mol. The summed E-state index contributed by atoms with van der Waals surface area (Å²) in [5.41, 5.74) is 0.243. The number of anilines is 1. The summed E-state index contributed by atoms with van der Waals surface area (Å²) >= 11 is 2.41. The minimum Gasteiger partial charge on any atom is -0.296 e. The van der Waals surface area contributed by atoms with E-state index in [-0.39, 0.29) is 15.6 Å². The summed E-state index contributed by atoms with van der Waals surface area (Å²) in [5.74, 6) is -0.0781. The molecule has 0 unspecified atom stereocenters. The zero-order valence-corrected chi connectivity index (χ0v) is 20.6. The molecule has 0 bridgehead atoms. The number of aromatic nitrogens is 2. The maximum atomic E-state index is 12.6. The van der Waals surface area contributed by atoms with Gasteiger partial charge >= 0.3 is 6.18 Å². The second-order valence-corrected chi connectivity index (χ2v) is 11.1. The van der Waals surface area contributed by atoms with Crippen molar-refractivity contribution in [2.45, 2.75) is 35.0 Å². The third kappa shape index (κ3) is 6.34. The molecule has 3 rings (SSSR count). The van der Waals surface area contributed by atoms with E-state index in [1.54, 1.807) is 13.8 Å². The lowest BCUT2D eigenvalue weighted by atomic mass is 10.1. The Morgan fingerprint density at radius 2 is 1.65 bits per heavy atom. The third-order valence-electron chi connectivity index (χ3n) is 4.73. The van der Waals surface area contributed by atoms with Gasteiger partial charge in [0.2, 0.25) is 15.2 Å². The van der Waals surface area contributed by atoms with Crippen molar-refractivity contribution in [2.24, 2.45) is 0 Å². The van der Waals surface area contributed by atoms with Crippen LogP contribution >= 0.6 is 23.1 Å². The zero-order chi connectivity index (χ0) is 24.9. The number of carbonyl (C=O) groups excluding carboxylic acids is 1. The Hall–Kier alpha value is -2.48. The number of sulfonamides is 1. The molecule has 13 heteroatoms. The second-order valence-electron chi connectivity index (χ2n) is 6.92. The van der Waals surface area contributed by atoms with Crippen LogP contribution in [0.25, 0.3) is 0 Å². The van der Waals surface area contributed by atoms with Crippen LogP contribution in [0, 0.1) is 0 Å². The van der Waals surface area contributed by atoms with Gasteiger partial charge in [0.1, 0.15) is 0 Å². The number of rotatable bonds is 9. The molecule has 0 atom stereocenters. The van der Waals surface area contributed by atoms with Gasteiger partial charge in [0, 0.05) is 24.4 Å². The molecular formula is C21H21F3N4O3S3. The van der Waals surface area contributed by atoms with Crippen LogP contribution in [0.3, 0.4) is 0 Å². The summed E-state index contributed by atoms with van der Waals surface area (Å²) in [4.78, 5) is 12.6. The highest BCUT2D eigenvalue weighted by atomic mass is 32.2. The fourth-order valence-electron chi connectivity index (χ4n) is 2.91. The van der Waals surface area contributed by atoms with Crippen molar-refractivity contribution in [1.29, 1.82) is 0 Å². The second kappa shape index (κ2) is 10.8. The van der Waals surface area contributed by atoms with Crippen LogP contribution in [0.5, 0.6) is 0 Å². The van der Waals surface area contributed by atoms with Crippen molar-refractivity contribution in [3.8, 4) is 0 Å². The number of hydrogen-bond acceptors (Lipinski definition) is 7. The van der Waals surface area contributed by atoms with Crippen LogP contribution in [0.4, 0.5) is 18.3 Å². The van der Waals surface area contributed by atoms with E-state index in [0.717, 1.165) is 23.5 Å². The lowest BCUT2D eigenvalue weighted by molar-refractivity contribution is -0.137. The molecule has 1 amide bonds. The lowest BCUT2D eigenvalue weighted by Crippen LogP contribution is -2.30. The molecule has 1 aromatic heterocycles. The smallest absolute Gasteiger partial charge is 0.296 e. The Kier molecular flexibility index (Phi) is 8.34. The Balaban J connectivity index is 1.59. The Bertz CT molecular complexity index is 1220. The van der Waals surface area contributed by atoms with E-state index in [4.69, 9.17) is 0 Å².